The van der Waals surface area contributed by atoms with Crippen LogP contribution in [-0.4, -0.2) is 12.8 Å². The Hall–Kier alpha value is -1.83. The van der Waals surface area contributed by atoms with E-state index in [9.17, 15) is 0 Å². The van der Waals surface area contributed by atoms with E-state index < -0.39 is 0 Å². The Morgan fingerprint density at radius 3 is 2.79 bits per heavy atom. The van der Waals surface area contributed by atoms with Gasteiger partial charge in [0.25, 0.3) is 0 Å². The maximum absolute atomic E-state index is 5.21. The highest BCUT2D eigenvalue weighted by Gasteiger charge is 2.12. The second-order valence-electron chi connectivity index (χ2n) is 2.61. The van der Waals surface area contributed by atoms with Crippen molar-refractivity contribution in [2.45, 2.75) is 0 Å². The monoisotopic (exact) mass is 187 g/mol. The second kappa shape index (κ2) is 5.02. The largest absolute Gasteiger partial charge is 0.496 e. The van der Waals surface area contributed by atoms with Gasteiger partial charge in [0.1, 0.15) is 5.76 Å². The van der Waals surface area contributed by atoms with E-state index in [1.165, 1.54) is 6.20 Å². The van der Waals surface area contributed by atoms with E-state index in [0.717, 1.165) is 17.0 Å². The smallest absolute Gasteiger partial charge is 0.128 e. The number of ether oxygens (including phenoxy) is 1. The lowest BCUT2D eigenvalue weighted by Gasteiger charge is -2.13. The molecule has 0 saturated heterocycles. The zero-order valence-electron chi connectivity index (χ0n) is 8.23. The van der Waals surface area contributed by atoms with Gasteiger partial charge in [0, 0.05) is 11.8 Å². The summed E-state index contributed by atoms with van der Waals surface area (Å²) in [5.74, 6) is 0.785. The van der Waals surface area contributed by atoms with Crippen molar-refractivity contribution in [3.8, 4) is 0 Å². The van der Waals surface area contributed by atoms with Crippen molar-refractivity contribution < 1.29 is 4.74 Å². The number of aliphatic imine (C=N–C) groups is 1. The Balaban J connectivity index is 3.14. The number of rotatable bonds is 3. The molecule has 1 aliphatic carbocycles. The van der Waals surface area contributed by atoms with Gasteiger partial charge in [-0.3, -0.25) is 4.99 Å². The quantitative estimate of drug-likeness (QED) is 0.665. The third kappa shape index (κ3) is 2.10. The number of hydrogen-bond acceptors (Lipinski definition) is 2. The summed E-state index contributed by atoms with van der Waals surface area (Å²) >= 11 is 0. The summed E-state index contributed by atoms with van der Waals surface area (Å²) in [6.45, 7) is 7.22. The van der Waals surface area contributed by atoms with Crippen molar-refractivity contribution in [2.75, 3.05) is 7.11 Å². The molecule has 0 bridgehead atoms. The molecule has 0 unspecified atom stereocenters. The van der Waals surface area contributed by atoms with Crippen LogP contribution < -0.4 is 0 Å². The highest BCUT2D eigenvalue weighted by Crippen LogP contribution is 2.18. The normalized spacial score (nSPS) is 20.8. The van der Waals surface area contributed by atoms with Gasteiger partial charge in [-0.15, -0.1) is 0 Å². The first-order valence-electron chi connectivity index (χ1n) is 4.28. The van der Waals surface area contributed by atoms with Gasteiger partial charge in [0.2, 0.25) is 0 Å². The maximum Gasteiger partial charge on any atom is 0.128 e. The fourth-order valence-electron chi connectivity index (χ4n) is 1.21. The van der Waals surface area contributed by atoms with Crippen molar-refractivity contribution in [1.82, 2.24) is 0 Å². The zero-order chi connectivity index (χ0) is 10.4. The molecule has 0 aromatic rings. The molecule has 0 spiro atoms. The van der Waals surface area contributed by atoms with Gasteiger partial charge < -0.3 is 4.74 Å². The van der Waals surface area contributed by atoms with Crippen molar-refractivity contribution >= 4 is 5.71 Å². The second-order valence-corrected chi connectivity index (χ2v) is 2.61. The highest BCUT2D eigenvalue weighted by molar-refractivity contribution is 6.12. The molecule has 0 heterocycles. The average Bonchev–Trinajstić information content (AvgIpc) is 2.21. The predicted octanol–water partition coefficient (Wildman–Crippen LogP) is 2.78. The van der Waals surface area contributed by atoms with Crippen molar-refractivity contribution in [1.29, 1.82) is 0 Å². The Labute approximate surface area is 84.3 Å². The highest BCUT2D eigenvalue weighted by atomic mass is 16.5. The molecular formula is C12H13NO. The van der Waals surface area contributed by atoms with Crippen LogP contribution in [0.1, 0.15) is 0 Å². The molecule has 0 N–H and O–H groups in total. The minimum absolute atomic E-state index is 0.785. The van der Waals surface area contributed by atoms with E-state index in [4.69, 9.17) is 4.74 Å². The molecular weight excluding hydrogens is 174 g/mol. The van der Waals surface area contributed by atoms with Crippen LogP contribution in [0.3, 0.4) is 0 Å². The van der Waals surface area contributed by atoms with Crippen molar-refractivity contribution in [2.24, 2.45) is 4.99 Å². The number of hydrogen-bond donors (Lipinski definition) is 0. The van der Waals surface area contributed by atoms with Crippen molar-refractivity contribution in [3.05, 3.63) is 61.1 Å². The fourth-order valence-corrected chi connectivity index (χ4v) is 1.21. The number of allylic oxidation sites excluding steroid dienone is 6. The number of methoxy groups -OCH3 is 1. The summed E-state index contributed by atoms with van der Waals surface area (Å²) in [7, 11) is 1.63. The van der Waals surface area contributed by atoms with Gasteiger partial charge in [-0.25, -0.2) is 0 Å². The maximum atomic E-state index is 5.21. The van der Waals surface area contributed by atoms with Gasteiger partial charge >= 0.3 is 0 Å². The predicted molar refractivity (Wildman–Crippen MR) is 60.1 cm³/mol. The molecule has 72 valence electrons. The average molecular weight is 187 g/mol. The lowest BCUT2D eigenvalue weighted by atomic mass is 10.0. The fraction of sp³-hybridized carbons (Fsp3) is 0.0833. The van der Waals surface area contributed by atoms with Crippen LogP contribution in [0.25, 0.3) is 0 Å². The molecule has 0 aromatic heterocycles. The third-order valence-electron chi connectivity index (χ3n) is 1.78. The Bertz CT molecular complexity index is 357. The van der Waals surface area contributed by atoms with Crippen LogP contribution in [0.15, 0.2) is 66.1 Å². The molecule has 2 heteroatoms. The summed E-state index contributed by atoms with van der Waals surface area (Å²) < 4.78 is 5.21. The Kier molecular flexibility index (Phi) is 3.68. The first kappa shape index (κ1) is 10.3. The van der Waals surface area contributed by atoms with Gasteiger partial charge in [-0.05, 0) is 18.2 Å². The summed E-state index contributed by atoms with van der Waals surface area (Å²) in [4.78, 5) is 4.14. The van der Waals surface area contributed by atoms with Crippen LogP contribution in [0.5, 0.6) is 0 Å². The van der Waals surface area contributed by atoms with E-state index in [1.807, 2.05) is 24.3 Å². The zero-order valence-corrected chi connectivity index (χ0v) is 8.23. The summed E-state index contributed by atoms with van der Waals surface area (Å²) in [5, 5.41) is 0. The molecule has 1 aliphatic rings. The van der Waals surface area contributed by atoms with E-state index in [0.29, 0.717) is 0 Å². The topological polar surface area (TPSA) is 21.6 Å². The van der Waals surface area contributed by atoms with Crippen LogP contribution >= 0.6 is 0 Å². The molecule has 0 radical (unpaired) electrons. The molecule has 0 atom stereocenters. The summed E-state index contributed by atoms with van der Waals surface area (Å²) in [6, 6.07) is 0. The molecule has 0 aliphatic heterocycles. The van der Waals surface area contributed by atoms with Crippen molar-refractivity contribution in [3.63, 3.8) is 0 Å². The van der Waals surface area contributed by atoms with E-state index in [-0.39, 0.29) is 0 Å². The van der Waals surface area contributed by atoms with E-state index >= 15 is 0 Å². The van der Waals surface area contributed by atoms with Crippen LogP contribution in [0, 0.1) is 0 Å². The minimum Gasteiger partial charge on any atom is -0.496 e. The van der Waals surface area contributed by atoms with Crippen LogP contribution in [-0.2, 0) is 4.74 Å². The minimum atomic E-state index is 0.785. The van der Waals surface area contributed by atoms with E-state index in [1.54, 1.807) is 13.2 Å². The molecule has 2 nitrogen and oxygen atoms in total. The first-order valence-corrected chi connectivity index (χ1v) is 4.28. The van der Waals surface area contributed by atoms with Crippen LogP contribution in [0.4, 0.5) is 0 Å². The number of nitrogens with zero attached hydrogens (tertiary/aromatic N) is 1. The van der Waals surface area contributed by atoms with Gasteiger partial charge in [-0.1, -0.05) is 25.3 Å². The third-order valence-corrected chi connectivity index (χ3v) is 1.78. The molecule has 0 amide bonds. The van der Waals surface area contributed by atoms with Gasteiger partial charge in [-0.2, -0.15) is 0 Å². The molecule has 1 rings (SSSR count). The molecule has 0 saturated carbocycles. The Morgan fingerprint density at radius 2 is 2.21 bits per heavy atom. The van der Waals surface area contributed by atoms with Gasteiger partial charge in [0.05, 0.1) is 12.8 Å². The van der Waals surface area contributed by atoms with Gasteiger partial charge in [0.15, 0.2) is 0 Å². The summed E-state index contributed by atoms with van der Waals surface area (Å²) in [6.07, 6.45) is 10.8. The van der Waals surface area contributed by atoms with E-state index in [2.05, 4.69) is 18.2 Å². The summed E-state index contributed by atoms with van der Waals surface area (Å²) in [5.41, 5.74) is 1.75. The first-order chi connectivity index (χ1) is 6.83. The lowest BCUT2D eigenvalue weighted by molar-refractivity contribution is 0.303. The Morgan fingerprint density at radius 1 is 1.43 bits per heavy atom. The molecule has 14 heavy (non-hydrogen) atoms. The molecule has 0 fully saturated rings. The SMILES string of the molecule is C=C/C=C1/C(OC)=CC=CC1=NC=C. The van der Waals surface area contributed by atoms with Crippen LogP contribution in [0.2, 0.25) is 0 Å². The standard InChI is InChI=1S/C12H13NO/c1-4-7-10-11(13-5-2)8-6-9-12(10)14-3/h4-9H,1-2H2,3H3/b10-7+,13-11?. The lowest BCUT2D eigenvalue weighted by Crippen LogP contribution is -2.06. The molecule has 0 aromatic carbocycles.